The molecule has 0 saturated carbocycles. The molecule has 0 aliphatic heterocycles. The predicted molar refractivity (Wildman–Crippen MR) is 65.1 cm³/mol. The van der Waals surface area contributed by atoms with Crippen LogP contribution in [0.2, 0.25) is 0 Å². The van der Waals surface area contributed by atoms with E-state index in [4.69, 9.17) is 4.74 Å². The van der Waals surface area contributed by atoms with E-state index in [9.17, 15) is 13.6 Å². The summed E-state index contributed by atoms with van der Waals surface area (Å²) in [5.74, 6) is -2.25. The smallest absolute Gasteiger partial charge is 0.274 e. The van der Waals surface area contributed by atoms with E-state index in [1.165, 1.54) is 19.2 Å². The number of carbonyl (C=O) groups is 1. The van der Waals surface area contributed by atoms with Crippen molar-refractivity contribution in [1.82, 2.24) is 4.98 Å². The van der Waals surface area contributed by atoms with Crippen LogP contribution < -0.4 is 10.1 Å². The quantitative estimate of drug-likeness (QED) is 0.927. The highest BCUT2D eigenvalue weighted by Crippen LogP contribution is 2.14. The molecular weight excluding hydrogens is 254 g/mol. The standard InChI is InChI=1S/C13H10F2N2O2/c1-19-12-4-2-3-11(17-12)13(18)16-8-5-6-9(14)10(15)7-8/h2-7H,1H3,(H,16,18). The first kappa shape index (κ1) is 12.9. The third kappa shape index (κ3) is 3.04. The first-order valence-corrected chi connectivity index (χ1v) is 5.37. The number of nitrogens with zero attached hydrogens (tertiary/aromatic N) is 1. The summed E-state index contributed by atoms with van der Waals surface area (Å²) < 4.78 is 30.6. The maximum absolute atomic E-state index is 13.0. The van der Waals surface area contributed by atoms with Crippen LogP contribution in [0.1, 0.15) is 10.5 Å². The lowest BCUT2D eigenvalue weighted by Gasteiger charge is -2.06. The van der Waals surface area contributed by atoms with Crippen molar-refractivity contribution in [3.05, 3.63) is 53.7 Å². The maximum Gasteiger partial charge on any atom is 0.274 e. The molecule has 1 heterocycles. The van der Waals surface area contributed by atoms with E-state index in [2.05, 4.69) is 10.3 Å². The molecule has 19 heavy (non-hydrogen) atoms. The molecule has 4 nitrogen and oxygen atoms in total. The van der Waals surface area contributed by atoms with Gasteiger partial charge in [0.05, 0.1) is 7.11 Å². The van der Waals surface area contributed by atoms with Crippen LogP contribution in [0.4, 0.5) is 14.5 Å². The molecule has 0 aliphatic rings. The van der Waals surface area contributed by atoms with Gasteiger partial charge in [-0.3, -0.25) is 4.79 Å². The molecule has 1 aromatic carbocycles. The number of hydrogen-bond acceptors (Lipinski definition) is 3. The van der Waals surface area contributed by atoms with Gasteiger partial charge in [-0.25, -0.2) is 13.8 Å². The number of ether oxygens (including phenoxy) is 1. The topological polar surface area (TPSA) is 51.2 Å². The molecule has 1 N–H and O–H groups in total. The molecule has 0 bridgehead atoms. The lowest BCUT2D eigenvalue weighted by atomic mass is 10.2. The summed E-state index contributed by atoms with van der Waals surface area (Å²) in [4.78, 5) is 15.8. The third-order valence-electron chi connectivity index (χ3n) is 2.34. The van der Waals surface area contributed by atoms with Gasteiger partial charge in [-0.15, -0.1) is 0 Å². The Balaban J connectivity index is 2.18. The van der Waals surface area contributed by atoms with Gasteiger partial charge in [0, 0.05) is 17.8 Å². The van der Waals surface area contributed by atoms with Crippen molar-refractivity contribution in [1.29, 1.82) is 0 Å². The molecule has 0 spiro atoms. The van der Waals surface area contributed by atoms with Gasteiger partial charge in [-0.2, -0.15) is 0 Å². The number of pyridine rings is 1. The summed E-state index contributed by atoms with van der Waals surface area (Å²) >= 11 is 0. The molecular formula is C13H10F2N2O2. The second-order valence-corrected chi connectivity index (χ2v) is 3.65. The van der Waals surface area contributed by atoms with Crippen molar-refractivity contribution in [2.45, 2.75) is 0 Å². The van der Waals surface area contributed by atoms with Gasteiger partial charge in [0.1, 0.15) is 5.69 Å². The molecule has 0 saturated heterocycles. The van der Waals surface area contributed by atoms with Crippen LogP contribution in [0.3, 0.4) is 0 Å². The fourth-order valence-corrected chi connectivity index (χ4v) is 1.42. The number of benzene rings is 1. The summed E-state index contributed by atoms with van der Waals surface area (Å²) in [5.41, 5.74) is 0.262. The van der Waals surface area contributed by atoms with Crippen LogP contribution in [-0.2, 0) is 0 Å². The molecule has 2 aromatic rings. The van der Waals surface area contributed by atoms with E-state index in [0.29, 0.717) is 0 Å². The van der Waals surface area contributed by atoms with Crippen molar-refractivity contribution >= 4 is 11.6 Å². The second kappa shape index (κ2) is 5.43. The Morgan fingerprint density at radius 1 is 1.21 bits per heavy atom. The molecule has 0 atom stereocenters. The fourth-order valence-electron chi connectivity index (χ4n) is 1.42. The van der Waals surface area contributed by atoms with E-state index < -0.39 is 17.5 Å². The van der Waals surface area contributed by atoms with Gasteiger partial charge in [-0.1, -0.05) is 6.07 Å². The van der Waals surface area contributed by atoms with E-state index in [1.54, 1.807) is 12.1 Å². The summed E-state index contributed by atoms with van der Waals surface area (Å²) in [6.45, 7) is 0. The van der Waals surface area contributed by atoms with Gasteiger partial charge in [-0.05, 0) is 18.2 Å². The first-order valence-electron chi connectivity index (χ1n) is 5.37. The molecule has 0 radical (unpaired) electrons. The lowest BCUT2D eigenvalue weighted by Crippen LogP contribution is -2.14. The average molecular weight is 264 g/mol. The Hall–Kier alpha value is -2.50. The zero-order chi connectivity index (χ0) is 13.8. The Morgan fingerprint density at radius 2 is 2.00 bits per heavy atom. The number of anilines is 1. The molecule has 0 fully saturated rings. The van der Waals surface area contributed by atoms with Crippen LogP contribution in [0, 0.1) is 11.6 Å². The largest absolute Gasteiger partial charge is 0.481 e. The second-order valence-electron chi connectivity index (χ2n) is 3.65. The highest BCUT2D eigenvalue weighted by Gasteiger charge is 2.10. The van der Waals surface area contributed by atoms with Gasteiger partial charge >= 0.3 is 0 Å². The van der Waals surface area contributed by atoms with E-state index >= 15 is 0 Å². The highest BCUT2D eigenvalue weighted by atomic mass is 19.2. The number of halogens is 2. The maximum atomic E-state index is 13.0. The molecule has 6 heteroatoms. The summed E-state index contributed by atoms with van der Waals surface area (Å²) in [6, 6.07) is 7.77. The average Bonchev–Trinajstić information content (AvgIpc) is 2.43. The molecule has 1 aromatic heterocycles. The highest BCUT2D eigenvalue weighted by molar-refractivity contribution is 6.02. The number of rotatable bonds is 3. The van der Waals surface area contributed by atoms with Crippen LogP contribution in [0.5, 0.6) is 5.88 Å². The Labute approximate surface area is 108 Å². The molecule has 0 unspecified atom stereocenters. The SMILES string of the molecule is COc1cccc(C(=O)Nc2ccc(F)c(F)c2)n1. The minimum atomic E-state index is -1.03. The van der Waals surface area contributed by atoms with Crippen LogP contribution >= 0.6 is 0 Å². The summed E-state index contributed by atoms with van der Waals surface area (Å²) in [5, 5.41) is 2.41. The Bertz CT molecular complexity index is 617. The third-order valence-corrected chi connectivity index (χ3v) is 2.34. The Kier molecular flexibility index (Phi) is 3.70. The Morgan fingerprint density at radius 3 is 2.68 bits per heavy atom. The number of nitrogens with one attached hydrogen (secondary N) is 1. The van der Waals surface area contributed by atoms with Crippen molar-refractivity contribution in [2.75, 3.05) is 12.4 Å². The van der Waals surface area contributed by atoms with Crippen LogP contribution in [0.25, 0.3) is 0 Å². The molecule has 0 aliphatic carbocycles. The number of amides is 1. The van der Waals surface area contributed by atoms with E-state index in [1.807, 2.05) is 0 Å². The fraction of sp³-hybridized carbons (Fsp3) is 0.0769. The van der Waals surface area contributed by atoms with E-state index in [-0.39, 0.29) is 17.3 Å². The monoisotopic (exact) mass is 264 g/mol. The van der Waals surface area contributed by atoms with Gasteiger partial charge in [0.25, 0.3) is 5.91 Å². The van der Waals surface area contributed by atoms with Crippen LogP contribution in [-0.4, -0.2) is 18.0 Å². The van der Waals surface area contributed by atoms with Gasteiger partial charge < -0.3 is 10.1 Å². The zero-order valence-corrected chi connectivity index (χ0v) is 9.98. The van der Waals surface area contributed by atoms with Crippen LogP contribution in [0.15, 0.2) is 36.4 Å². The van der Waals surface area contributed by atoms with Gasteiger partial charge in [0.15, 0.2) is 11.6 Å². The van der Waals surface area contributed by atoms with E-state index in [0.717, 1.165) is 12.1 Å². The van der Waals surface area contributed by atoms with Crippen molar-refractivity contribution < 1.29 is 18.3 Å². The molecule has 98 valence electrons. The minimum absolute atomic E-state index is 0.115. The summed E-state index contributed by atoms with van der Waals surface area (Å²) in [7, 11) is 1.43. The summed E-state index contributed by atoms with van der Waals surface area (Å²) in [6.07, 6.45) is 0. The molecule has 2 rings (SSSR count). The van der Waals surface area contributed by atoms with Crippen molar-refractivity contribution in [2.24, 2.45) is 0 Å². The normalized spacial score (nSPS) is 10.1. The molecule has 1 amide bonds. The number of aromatic nitrogens is 1. The number of hydrogen-bond donors (Lipinski definition) is 1. The van der Waals surface area contributed by atoms with Crippen molar-refractivity contribution in [3.8, 4) is 5.88 Å². The first-order chi connectivity index (χ1) is 9.10. The predicted octanol–water partition coefficient (Wildman–Crippen LogP) is 2.62. The van der Waals surface area contributed by atoms with Crippen molar-refractivity contribution in [3.63, 3.8) is 0 Å². The number of carbonyl (C=O) groups excluding carboxylic acids is 1. The number of methoxy groups -OCH3 is 1. The van der Waals surface area contributed by atoms with Gasteiger partial charge in [0.2, 0.25) is 5.88 Å². The minimum Gasteiger partial charge on any atom is -0.481 e. The lowest BCUT2D eigenvalue weighted by molar-refractivity contribution is 0.102. The zero-order valence-electron chi connectivity index (χ0n) is 9.98.